The molecule has 2 rings (SSSR count). The molecule has 2 N–H and O–H groups in total. The van der Waals surface area contributed by atoms with Gasteiger partial charge in [-0.2, -0.15) is 0 Å². The molecule has 0 fully saturated rings. The Morgan fingerprint density at radius 1 is 1.40 bits per heavy atom. The average Bonchev–Trinajstić information content (AvgIpc) is 2.23. The number of fused-ring (bicyclic) bond motifs is 1. The highest BCUT2D eigenvalue weighted by Gasteiger charge is 2.33. The van der Waals surface area contributed by atoms with Crippen LogP contribution in [0.1, 0.15) is 42.1 Å². The quantitative estimate of drug-likeness (QED) is 0.761. The third-order valence-electron chi connectivity index (χ3n) is 3.34. The molecule has 1 aliphatic rings. The summed E-state index contributed by atoms with van der Waals surface area (Å²) in [6.45, 7) is 4.09. The highest BCUT2D eigenvalue weighted by Crippen LogP contribution is 2.35. The van der Waals surface area contributed by atoms with Gasteiger partial charge in [0.2, 0.25) is 0 Å². The maximum Gasteiger partial charge on any atom is 0.167 e. The third-order valence-corrected chi connectivity index (χ3v) is 3.34. The molecular formula is C13H17NO. The number of hydrogen-bond acceptors (Lipinski definition) is 2. The zero-order chi connectivity index (χ0) is 11.0. The van der Waals surface area contributed by atoms with E-state index in [-0.39, 0.29) is 17.7 Å². The van der Waals surface area contributed by atoms with Crippen molar-refractivity contribution in [1.82, 2.24) is 0 Å². The lowest BCUT2D eigenvalue weighted by atomic mass is 9.74. The smallest absolute Gasteiger partial charge is 0.167 e. The second-order valence-electron chi connectivity index (χ2n) is 4.55. The molecule has 3 unspecified atom stereocenters. The Kier molecular flexibility index (Phi) is 2.61. The van der Waals surface area contributed by atoms with E-state index in [0.717, 1.165) is 12.0 Å². The van der Waals surface area contributed by atoms with Crippen molar-refractivity contribution >= 4 is 5.78 Å². The van der Waals surface area contributed by atoms with Crippen LogP contribution in [0.2, 0.25) is 0 Å². The molecule has 0 radical (unpaired) electrons. The largest absolute Gasteiger partial charge is 0.327 e. The van der Waals surface area contributed by atoms with Crippen LogP contribution in [0, 0.1) is 5.92 Å². The van der Waals surface area contributed by atoms with Gasteiger partial charge in [-0.1, -0.05) is 31.2 Å². The van der Waals surface area contributed by atoms with Gasteiger partial charge < -0.3 is 5.73 Å². The number of ketones is 1. The minimum Gasteiger partial charge on any atom is -0.327 e. The maximum atomic E-state index is 12.1. The van der Waals surface area contributed by atoms with Crippen molar-refractivity contribution in [2.75, 3.05) is 0 Å². The van der Waals surface area contributed by atoms with Crippen molar-refractivity contribution in [1.29, 1.82) is 0 Å². The summed E-state index contributed by atoms with van der Waals surface area (Å²) < 4.78 is 0. The van der Waals surface area contributed by atoms with Gasteiger partial charge in [-0.05, 0) is 24.8 Å². The van der Waals surface area contributed by atoms with Gasteiger partial charge in [-0.3, -0.25) is 4.79 Å². The number of benzene rings is 1. The number of carbonyl (C=O) groups excluding carboxylic acids is 1. The van der Waals surface area contributed by atoms with Crippen LogP contribution >= 0.6 is 0 Å². The SMILES string of the molecule is CC1CC(C(C)N)C(=O)c2ccccc21. The molecule has 0 amide bonds. The fraction of sp³-hybridized carbons (Fsp3) is 0.462. The minimum absolute atomic E-state index is 0.00472. The van der Waals surface area contributed by atoms with Crippen LogP contribution in [0.25, 0.3) is 0 Å². The molecule has 2 heteroatoms. The van der Waals surface area contributed by atoms with Gasteiger partial charge in [-0.15, -0.1) is 0 Å². The molecule has 0 bridgehead atoms. The van der Waals surface area contributed by atoms with Crippen molar-refractivity contribution in [3.8, 4) is 0 Å². The summed E-state index contributed by atoms with van der Waals surface area (Å²) in [6, 6.07) is 7.84. The molecule has 0 saturated heterocycles. The van der Waals surface area contributed by atoms with Gasteiger partial charge in [-0.25, -0.2) is 0 Å². The summed E-state index contributed by atoms with van der Waals surface area (Å²) in [5.74, 6) is 0.656. The van der Waals surface area contributed by atoms with E-state index in [1.807, 2.05) is 25.1 Å². The predicted octanol–water partition coefficient (Wildman–Crippen LogP) is 2.34. The van der Waals surface area contributed by atoms with Crippen LogP contribution in [0.4, 0.5) is 0 Å². The van der Waals surface area contributed by atoms with Gasteiger partial charge in [0, 0.05) is 17.5 Å². The second-order valence-corrected chi connectivity index (χ2v) is 4.55. The highest BCUT2D eigenvalue weighted by atomic mass is 16.1. The molecule has 3 atom stereocenters. The normalized spacial score (nSPS) is 27.3. The van der Waals surface area contributed by atoms with Crippen LogP contribution in [-0.4, -0.2) is 11.8 Å². The number of rotatable bonds is 1. The van der Waals surface area contributed by atoms with E-state index in [4.69, 9.17) is 5.73 Å². The fourth-order valence-corrected chi connectivity index (χ4v) is 2.42. The van der Waals surface area contributed by atoms with Gasteiger partial charge in [0.25, 0.3) is 0 Å². The van der Waals surface area contributed by atoms with Gasteiger partial charge in [0.1, 0.15) is 0 Å². The summed E-state index contributed by atoms with van der Waals surface area (Å²) in [5.41, 5.74) is 7.91. The van der Waals surface area contributed by atoms with Crippen molar-refractivity contribution in [3.63, 3.8) is 0 Å². The van der Waals surface area contributed by atoms with Gasteiger partial charge >= 0.3 is 0 Å². The van der Waals surface area contributed by atoms with Crippen molar-refractivity contribution in [2.45, 2.75) is 32.2 Å². The van der Waals surface area contributed by atoms with Crippen molar-refractivity contribution < 1.29 is 4.79 Å². The first-order chi connectivity index (χ1) is 7.11. The molecule has 0 heterocycles. The van der Waals surface area contributed by atoms with E-state index in [9.17, 15) is 4.79 Å². The van der Waals surface area contributed by atoms with Crippen LogP contribution in [-0.2, 0) is 0 Å². The Balaban J connectivity index is 2.44. The van der Waals surface area contributed by atoms with E-state index in [2.05, 4.69) is 13.0 Å². The molecule has 0 aliphatic heterocycles. The Morgan fingerprint density at radius 2 is 2.07 bits per heavy atom. The van der Waals surface area contributed by atoms with Gasteiger partial charge in [0.05, 0.1) is 0 Å². The van der Waals surface area contributed by atoms with E-state index in [1.165, 1.54) is 5.56 Å². The average molecular weight is 203 g/mol. The second kappa shape index (κ2) is 3.78. The maximum absolute atomic E-state index is 12.1. The number of Topliss-reactive ketones (excluding diaryl/α,β-unsaturated/α-hetero) is 1. The lowest BCUT2D eigenvalue weighted by Crippen LogP contribution is -2.37. The topological polar surface area (TPSA) is 43.1 Å². The molecule has 0 saturated carbocycles. The summed E-state index contributed by atoms with van der Waals surface area (Å²) in [6.07, 6.45) is 0.882. The molecule has 0 aromatic heterocycles. The monoisotopic (exact) mass is 203 g/mol. The molecule has 1 aromatic rings. The van der Waals surface area contributed by atoms with Crippen LogP contribution in [0.15, 0.2) is 24.3 Å². The minimum atomic E-state index is -0.0479. The van der Waals surface area contributed by atoms with Crippen LogP contribution in [0.5, 0.6) is 0 Å². The van der Waals surface area contributed by atoms with Crippen molar-refractivity contribution in [2.24, 2.45) is 11.7 Å². The van der Waals surface area contributed by atoms with E-state index < -0.39 is 0 Å². The molecule has 0 spiro atoms. The molecular weight excluding hydrogens is 186 g/mol. The summed E-state index contributed by atoms with van der Waals surface area (Å²) >= 11 is 0. The van der Waals surface area contributed by atoms with Crippen molar-refractivity contribution in [3.05, 3.63) is 35.4 Å². The lowest BCUT2D eigenvalue weighted by molar-refractivity contribution is 0.0877. The van der Waals surface area contributed by atoms with E-state index in [0.29, 0.717) is 5.92 Å². The van der Waals surface area contributed by atoms with E-state index >= 15 is 0 Å². The fourth-order valence-electron chi connectivity index (χ4n) is 2.42. The Morgan fingerprint density at radius 3 is 2.73 bits per heavy atom. The lowest BCUT2D eigenvalue weighted by Gasteiger charge is -2.30. The first-order valence-corrected chi connectivity index (χ1v) is 5.50. The summed E-state index contributed by atoms with van der Waals surface area (Å²) in [4.78, 5) is 12.1. The molecule has 2 nitrogen and oxygen atoms in total. The molecule has 1 aliphatic carbocycles. The number of nitrogens with two attached hydrogens (primary N) is 1. The first-order valence-electron chi connectivity index (χ1n) is 5.50. The Labute approximate surface area is 90.5 Å². The Bertz CT molecular complexity index is 384. The number of carbonyl (C=O) groups is 1. The summed E-state index contributed by atoms with van der Waals surface area (Å²) in [5, 5.41) is 0. The highest BCUT2D eigenvalue weighted by molar-refractivity contribution is 6.00. The van der Waals surface area contributed by atoms with E-state index in [1.54, 1.807) is 0 Å². The third kappa shape index (κ3) is 1.70. The first kappa shape index (κ1) is 10.4. The summed E-state index contributed by atoms with van der Waals surface area (Å²) in [7, 11) is 0. The molecule has 80 valence electrons. The zero-order valence-corrected chi connectivity index (χ0v) is 9.23. The Hall–Kier alpha value is -1.15. The molecule has 1 aromatic carbocycles. The predicted molar refractivity (Wildman–Crippen MR) is 60.9 cm³/mol. The zero-order valence-electron chi connectivity index (χ0n) is 9.23. The van der Waals surface area contributed by atoms with Crippen LogP contribution in [0.3, 0.4) is 0 Å². The van der Waals surface area contributed by atoms with Gasteiger partial charge in [0.15, 0.2) is 5.78 Å². The molecule has 15 heavy (non-hydrogen) atoms. The standard InChI is InChI=1S/C13H17NO/c1-8-7-12(9(2)14)13(15)11-6-4-3-5-10(8)11/h3-6,8-9,12H,7,14H2,1-2H3. The van der Waals surface area contributed by atoms with Crippen LogP contribution < -0.4 is 5.73 Å². The number of hydrogen-bond donors (Lipinski definition) is 1.